The molecule has 0 aliphatic carbocycles. The Kier molecular flexibility index (Phi) is 7.59. The maximum atomic E-state index is 12.0. The highest BCUT2D eigenvalue weighted by Crippen LogP contribution is 2.18. The summed E-state index contributed by atoms with van der Waals surface area (Å²) in [6, 6.07) is 9.72. The number of carbonyl (C=O) groups excluding carboxylic acids is 1. The molecule has 1 fully saturated rings. The number of hydrogen-bond acceptors (Lipinski definition) is 3. The highest BCUT2D eigenvalue weighted by Gasteiger charge is 2.15. The van der Waals surface area contributed by atoms with Gasteiger partial charge in [-0.15, -0.1) is 24.8 Å². The van der Waals surface area contributed by atoms with Crippen LogP contribution in [0.1, 0.15) is 19.3 Å². The third-order valence-electron chi connectivity index (χ3n) is 3.83. The highest BCUT2D eigenvalue weighted by molar-refractivity contribution is 5.93. The van der Waals surface area contributed by atoms with Gasteiger partial charge in [-0.05, 0) is 56.1 Å². The van der Waals surface area contributed by atoms with Crippen LogP contribution in [0.2, 0.25) is 0 Å². The Bertz CT molecular complexity index is 615. The van der Waals surface area contributed by atoms with Gasteiger partial charge in [-0.25, -0.2) is 0 Å². The minimum Gasteiger partial charge on any atom is -0.326 e. The quantitative estimate of drug-likeness (QED) is 0.895. The SMILES string of the molecule is Cl.Cl.O=C(CCC1CCNC1)Nc1ccc2ncccc2c1. The van der Waals surface area contributed by atoms with Gasteiger partial charge in [0.15, 0.2) is 0 Å². The molecule has 1 amide bonds. The van der Waals surface area contributed by atoms with Crippen LogP contribution in [0.5, 0.6) is 0 Å². The largest absolute Gasteiger partial charge is 0.326 e. The zero-order chi connectivity index (χ0) is 13.8. The molecule has 2 heterocycles. The van der Waals surface area contributed by atoms with E-state index in [-0.39, 0.29) is 30.7 Å². The molecule has 22 heavy (non-hydrogen) atoms. The van der Waals surface area contributed by atoms with Gasteiger partial charge in [0.05, 0.1) is 5.52 Å². The van der Waals surface area contributed by atoms with E-state index in [1.165, 1.54) is 6.42 Å². The van der Waals surface area contributed by atoms with Crippen LogP contribution in [0, 0.1) is 5.92 Å². The highest BCUT2D eigenvalue weighted by atomic mass is 35.5. The summed E-state index contributed by atoms with van der Waals surface area (Å²) in [5.41, 5.74) is 1.79. The summed E-state index contributed by atoms with van der Waals surface area (Å²) in [5.74, 6) is 0.752. The predicted molar refractivity (Wildman–Crippen MR) is 95.1 cm³/mol. The van der Waals surface area contributed by atoms with E-state index in [2.05, 4.69) is 15.6 Å². The monoisotopic (exact) mass is 341 g/mol. The van der Waals surface area contributed by atoms with E-state index in [4.69, 9.17) is 0 Å². The third-order valence-corrected chi connectivity index (χ3v) is 3.83. The van der Waals surface area contributed by atoms with Gasteiger partial charge >= 0.3 is 0 Å². The van der Waals surface area contributed by atoms with Crippen molar-refractivity contribution in [2.24, 2.45) is 5.92 Å². The Morgan fingerprint density at radius 2 is 2.18 bits per heavy atom. The van der Waals surface area contributed by atoms with Crippen molar-refractivity contribution in [3.63, 3.8) is 0 Å². The number of nitrogens with one attached hydrogen (secondary N) is 2. The van der Waals surface area contributed by atoms with Crippen molar-refractivity contribution in [3.8, 4) is 0 Å². The maximum absolute atomic E-state index is 12.0. The molecule has 1 aliphatic rings. The first-order valence-corrected chi connectivity index (χ1v) is 7.16. The standard InChI is InChI=1S/C16H19N3O.2ClH/c20-16(6-3-12-7-9-17-11-12)19-14-4-5-15-13(10-14)2-1-8-18-15;;/h1-2,4-5,8,10,12,17H,3,6-7,9,11H2,(H,19,20);2*1H. The lowest BCUT2D eigenvalue weighted by atomic mass is 10.0. The van der Waals surface area contributed by atoms with Crippen molar-refractivity contribution < 1.29 is 4.79 Å². The van der Waals surface area contributed by atoms with E-state index in [0.29, 0.717) is 12.3 Å². The smallest absolute Gasteiger partial charge is 0.224 e. The molecule has 6 heteroatoms. The summed E-state index contributed by atoms with van der Waals surface area (Å²) < 4.78 is 0. The lowest BCUT2D eigenvalue weighted by molar-refractivity contribution is -0.116. The molecule has 1 saturated heterocycles. The number of rotatable bonds is 4. The Morgan fingerprint density at radius 3 is 2.95 bits per heavy atom. The number of benzene rings is 1. The first-order valence-electron chi connectivity index (χ1n) is 7.16. The molecule has 2 N–H and O–H groups in total. The topological polar surface area (TPSA) is 54.0 Å². The Labute approximate surface area is 142 Å². The molecule has 120 valence electrons. The summed E-state index contributed by atoms with van der Waals surface area (Å²) in [6.45, 7) is 2.14. The molecule has 0 bridgehead atoms. The second kappa shape index (κ2) is 8.93. The fraction of sp³-hybridized carbons (Fsp3) is 0.375. The minimum atomic E-state index is 0. The molecule has 0 saturated carbocycles. The van der Waals surface area contributed by atoms with Crippen molar-refractivity contribution >= 4 is 47.3 Å². The first kappa shape index (κ1) is 18.7. The number of anilines is 1. The van der Waals surface area contributed by atoms with Gasteiger partial charge in [0.25, 0.3) is 0 Å². The number of nitrogens with zero attached hydrogens (tertiary/aromatic N) is 1. The fourth-order valence-corrected chi connectivity index (χ4v) is 2.67. The normalized spacial score (nSPS) is 16.6. The van der Waals surface area contributed by atoms with Crippen LogP contribution in [0.4, 0.5) is 5.69 Å². The van der Waals surface area contributed by atoms with Gasteiger partial charge in [-0.3, -0.25) is 9.78 Å². The number of hydrogen-bond donors (Lipinski definition) is 2. The van der Waals surface area contributed by atoms with Gasteiger partial charge in [0.1, 0.15) is 0 Å². The minimum absolute atomic E-state index is 0. The predicted octanol–water partition coefficient (Wildman–Crippen LogP) is 3.41. The molecule has 2 aromatic rings. The van der Waals surface area contributed by atoms with E-state index >= 15 is 0 Å². The Morgan fingerprint density at radius 1 is 1.32 bits per heavy atom. The van der Waals surface area contributed by atoms with Crippen LogP contribution >= 0.6 is 24.8 Å². The lowest BCUT2D eigenvalue weighted by Crippen LogP contribution is -2.14. The Balaban J connectivity index is 0.00000121. The summed E-state index contributed by atoms with van der Waals surface area (Å²) in [4.78, 5) is 16.2. The van der Waals surface area contributed by atoms with E-state index in [0.717, 1.165) is 36.1 Å². The van der Waals surface area contributed by atoms with Crippen LogP contribution in [-0.2, 0) is 4.79 Å². The van der Waals surface area contributed by atoms with Gasteiger partial charge in [-0.1, -0.05) is 6.07 Å². The zero-order valence-electron chi connectivity index (χ0n) is 12.2. The van der Waals surface area contributed by atoms with E-state index in [1.807, 2.05) is 30.3 Å². The number of pyridine rings is 1. The second-order valence-electron chi connectivity index (χ2n) is 5.36. The Hall–Kier alpha value is -1.36. The van der Waals surface area contributed by atoms with Gasteiger partial charge in [-0.2, -0.15) is 0 Å². The van der Waals surface area contributed by atoms with Crippen LogP contribution in [-0.4, -0.2) is 24.0 Å². The molecule has 1 aliphatic heterocycles. The third kappa shape index (κ3) is 4.83. The molecule has 1 atom stereocenters. The molecular weight excluding hydrogens is 321 g/mol. The van der Waals surface area contributed by atoms with E-state index in [9.17, 15) is 4.79 Å². The molecule has 0 radical (unpaired) electrons. The molecule has 1 aromatic carbocycles. The van der Waals surface area contributed by atoms with Crippen LogP contribution < -0.4 is 10.6 Å². The lowest BCUT2D eigenvalue weighted by Gasteiger charge is -2.09. The van der Waals surface area contributed by atoms with Gasteiger partial charge < -0.3 is 10.6 Å². The molecule has 1 aromatic heterocycles. The molecule has 1 unspecified atom stereocenters. The van der Waals surface area contributed by atoms with Crippen molar-refractivity contribution in [2.75, 3.05) is 18.4 Å². The average molecular weight is 342 g/mol. The van der Waals surface area contributed by atoms with Crippen LogP contribution in [0.15, 0.2) is 36.5 Å². The zero-order valence-corrected chi connectivity index (χ0v) is 13.9. The van der Waals surface area contributed by atoms with Crippen molar-refractivity contribution in [1.82, 2.24) is 10.3 Å². The second-order valence-corrected chi connectivity index (χ2v) is 5.36. The molecular formula is C16H21Cl2N3O. The number of fused-ring (bicyclic) bond motifs is 1. The van der Waals surface area contributed by atoms with E-state index < -0.39 is 0 Å². The average Bonchev–Trinajstić information content (AvgIpc) is 2.98. The van der Waals surface area contributed by atoms with Crippen molar-refractivity contribution in [1.29, 1.82) is 0 Å². The summed E-state index contributed by atoms with van der Waals surface area (Å²) in [6.07, 6.45) is 4.52. The van der Waals surface area contributed by atoms with Crippen molar-refractivity contribution in [3.05, 3.63) is 36.5 Å². The molecule has 4 nitrogen and oxygen atoms in total. The molecule has 0 spiro atoms. The number of carbonyl (C=O) groups is 1. The number of aromatic nitrogens is 1. The molecule has 3 rings (SSSR count). The first-order chi connectivity index (χ1) is 9.81. The van der Waals surface area contributed by atoms with Crippen molar-refractivity contribution in [2.45, 2.75) is 19.3 Å². The maximum Gasteiger partial charge on any atom is 0.224 e. The number of halogens is 2. The summed E-state index contributed by atoms with van der Waals surface area (Å²) >= 11 is 0. The van der Waals surface area contributed by atoms with E-state index in [1.54, 1.807) is 6.20 Å². The summed E-state index contributed by atoms with van der Waals surface area (Å²) in [7, 11) is 0. The van der Waals surface area contributed by atoms with Gasteiger partial charge in [0, 0.05) is 23.7 Å². The van der Waals surface area contributed by atoms with Crippen LogP contribution in [0.25, 0.3) is 10.9 Å². The van der Waals surface area contributed by atoms with Gasteiger partial charge in [0.2, 0.25) is 5.91 Å². The number of amides is 1. The summed E-state index contributed by atoms with van der Waals surface area (Å²) in [5, 5.41) is 7.34. The fourth-order valence-electron chi connectivity index (χ4n) is 2.67. The van der Waals surface area contributed by atoms with Crippen LogP contribution in [0.3, 0.4) is 0 Å².